The van der Waals surface area contributed by atoms with Crippen LogP contribution in [0, 0.1) is 0 Å². The lowest BCUT2D eigenvalue weighted by Gasteiger charge is -1.96. The van der Waals surface area contributed by atoms with Gasteiger partial charge < -0.3 is 4.74 Å². The number of rotatable bonds is 3. The largest absolute Gasteiger partial charge is 0.497 e. The van der Waals surface area contributed by atoms with E-state index < -0.39 is 0 Å². The molecular formula is C11H12ClN4O+. The molecule has 1 heterocycles. The Morgan fingerprint density at radius 2 is 1.94 bits per heavy atom. The highest BCUT2D eigenvalue weighted by atomic mass is 35.5. The molecule has 0 aliphatic heterocycles. The third kappa shape index (κ3) is 2.62. The molecule has 0 bridgehead atoms. The molecular weight excluding hydrogens is 240 g/mol. The molecule has 0 N–H and O–H groups in total. The van der Waals surface area contributed by atoms with Crippen LogP contribution in [0.3, 0.4) is 0 Å². The molecule has 0 amide bonds. The van der Waals surface area contributed by atoms with Gasteiger partial charge in [-0.1, -0.05) is 5.11 Å². The quantitative estimate of drug-likeness (QED) is 0.774. The summed E-state index contributed by atoms with van der Waals surface area (Å²) in [4.78, 5) is 0. The van der Waals surface area contributed by atoms with Crippen molar-refractivity contribution < 1.29 is 8.82 Å². The van der Waals surface area contributed by atoms with Crippen LogP contribution in [0.15, 0.2) is 46.9 Å². The molecule has 88 valence electrons. The van der Waals surface area contributed by atoms with E-state index in [0.717, 1.165) is 11.4 Å². The normalized spacial score (nSPS) is 11.0. The average Bonchev–Trinajstić information content (AvgIpc) is 2.67. The summed E-state index contributed by atoms with van der Waals surface area (Å²) in [5.74, 6) is 1.35. The van der Waals surface area contributed by atoms with Gasteiger partial charge in [0, 0.05) is 5.11 Å². The third-order valence-electron chi connectivity index (χ3n) is 2.26. The zero-order valence-corrected chi connectivity index (χ0v) is 10.3. The average molecular weight is 252 g/mol. The van der Waals surface area contributed by atoms with Gasteiger partial charge in [0.15, 0.2) is 0 Å². The monoisotopic (exact) mass is 251 g/mol. The number of imidazole rings is 1. The second-order valence-electron chi connectivity index (χ2n) is 3.42. The smallest absolute Gasteiger partial charge is 0.437 e. The van der Waals surface area contributed by atoms with Gasteiger partial charge in [-0.05, 0) is 24.3 Å². The lowest BCUT2D eigenvalue weighted by atomic mass is 10.3. The Kier molecular flexibility index (Phi) is 3.39. The van der Waals surface area contributed by atoms with Gasteiger partial charge in [0.25, 0.3) is 0 Å². The van der Waals surface area contributed by atoms with Crippen LogP contribution in [0.2, 0.25) is 0 Å². The van der Waals surface area contributed by atoms with E-state index in [4.69, 9.17) is 16.5 Å². The van der Waals surface area contributed by atoms with Gasteiger partial charge in [0.2, 0.25) is 0 Å². The molecule has 0 fully saturated rings. The first-order chi connectivity index (χ1) is 8.20. The van der Waals surface area contributed by atoms with Crippen LogP contribution in [0.4, 0.5) is 11.6 Å². The number of hydrogen-bond acceptors (Lipinski definition) is 3. The molecule has 0 saturated carbocycles. The standard InChI is InChI=1S/C11H12ClN4O/c1-15-7-8-16(12)11(15)14-13-9-3-5-10(17-2)6-4-9/h3-8H,1-2H3/q+1. The number of nitrogens with zero attached hydrogens (tertiary/aromatic N) is 4. The highest BCUT2D eigenvalue weighted by Crippen LogP contribution is 2.19. The van der Waals surface area contributed by atoms with Gasteiger partial charge in [-0.15, -0.1) is 4.09 Å². The molecule has 0 unspecified atom stereocenters. The number of hydrogen-bond donors (Lipinski definition) is 0. The number of aryl methyl sites for hydroxylation is 1. The molecule has 1 aromatic heterocycles. The van der Waals surface area contributed by atoms with Crippen molar-refractivity contribution in [2.45, 2.75) is 0 Å². The molecule has 2 rings (SSSR count). The maximum Gasteiger partial charge on any atom is 0.437 e. The van der Waals surface area contributed by atoms with Gasteiger partial charge >= 0.3 is 5.95 Å². The third-order valence-corrected chi connectivity index (χ3v) is 2.52. The van der Waals surface area contributed by atoms with E-state index in [1.807, 2.05) is 31.3 Å². The number of ether oxygens (including phenoxy) is 1. The molecule has 1 aromatic carbocycles. The zero-order valence-electron chi connectivity index (χ0n) is 9.54. The summed E-state index contributed by atoms with van der Waals surface area (Å²) in [6.07, 6.45) is 3.50. The van der Waals surface area contributed by atoms with Crippen molar-refractivity contribution >= 4 is 23.4 Å². The van der Waals surface area contributed by atoms with Gasteiger partial charge in [-0.2, -0.15) is 0 Å². The Balaban J connectivity index is 2.20. The molecule has 17 heavy (non-hydrogen) atoms. The fourth-order valence-electron chi connectivity index (χ4n) is 1.31. The van der Waals surface area contributed by atoms with E-state index in [1.165, 1.54) is 4.09 Å². The number of benzene rings is 1. The van der Waals surface area contributed by atoms with Crippen molar-refractivity contribution in [3.05, 3.63) is 36.7 Å². The lowest BCUT2D eigenvalue weighted by Crippen LogP contribution is -2.16. The fourth-order valence-corrected chi connectivity index (χ4v) is 1.51. The van der Waals surface area contributed by atoms with Crippen molar-refractivity contribution in [1.29, 1.82) is 0 Å². The lowest BCUT2D eigenvalue weighted by molar-refractivity contribution is -0.504. The summed E-state index contributed by atoms with van der Waals surface area (Å²) < 4.78 is 8.22. The maximum atomic E-state index is 5.88. The van der Waals surface area contributed by atoms with Crippen molar-refractivity contribution in [3.8, 4) is 5.75 Å². The van der Waals surface area contributed by atoms with Crippen LogP contribution in [0.25, 0.3) is 0 Å². The van der Waals surface area contributed by atoms with Gasteiger partial charge in [0.1, 0.15) is 29.4 Å². The number of azo groups is 1. The summed E-state index contributed by atoms with van der Waals surface area (Å²) in [6.45, 7) is 0. The fraction of sp³-hybridized carbons (Fsp3) is 0.182. The second kappa shape index (κ2) is 4.97. The van der Waals surface area contributed by atoms with Crippen molar-refractivity contribution in [2.24, 2.45) is 17.3 Å². The van der Waals surface area contributed by atoms with Crippen LogP contribution < -0.4 is 8.82 Å². The first-order valence-corrected chi connectivity index (χ1v) is 5.33. The molecule has 6 heteroatoms. The molecule has 0 aliphatic carbocycles. The van der Waals surface area contributed by atoms with E-state index in [1.54, 1.807) is 24.1 Å². The zero-order chi connectivity index (χ0) is 12.3. The van der Waals surface area contributed by atoms with E-state index in [9.17, 15) is 0 Å². The van der Waals surface area contributed by atoms with Gasteiger partial charge in [-0.3, -0.25) is 0 Å². The molecule has 0 saturated heterocycles. The Labute approximate surface area is 104 Å². The van der Waals surface area contributed by atoms with E-state index >= 15 is 0 Å². The van der Waals surface area contributed by atoms with Crippen LogP contribution in [0.5, 0.6) is 5.75 Å². The predicted octanol–water partition coefficient (Wildman–Crippen LogP) is 2.74. The molecule has 0 spiro atoms. The Morgan fingerprint density at radius 3 is 2.47 bits per heavy atom. The summed E-state index contributed by atoms with van der Waals surface area (Å²) >= 11 is 5.88. The summed E-state index contributed by atoms with van der Waals surface area (Å²) in [5.41, 5.74) is 0.740. The number of halogens is 1. The predicted molar refractivity (Wildman–Crippen MR) is 64.0 cm³/mol. The van der Waals surface area contributed by atoms with E-state index in [2.05, 4.69) is 10.2 Å². The van der Waals surface area contributed by atoms with Crippen LogP contribution in [-0.4, -0.2) is 11.7 Å². The van der Waals surface area contributed by atoms with Crippen LogP contribution >= 0.6 is 11.8 Å². The molecule has 0 radical (unpaired) electrons. The first kappa shape index (κ1) is 11.6. The number of methoxy groups -OCH3 is 1. The molecule has 5 nitrogen and oxygen atoms in total. The summed E-state index contributed by atoms with van der Waals surface area (Å²) in [7, 11) is 3.47. The van der Waals surface area contributed by atoms with Crippen LogP contribution in [-0.2, 0) is 7.05 Å². The minimum atomic E-state index is 0.558. The topological polar surface area (TPSA) is 42.8 Å². The minimum absolute atomic E-state index is 0.558. The van der Waals surface area contributed by atoms with Crippen molar-refractivity contribution in [1.82, 2.24) is 4.57 Å². The maximum absolute atomic E-state index is 5.88. The molecule has 0 atom stereocenters. The van der Waals surface area contributed by atoms with Crippen molar-refractivity contribution in [3.63, 3.8) is 0 Å². The van der Waals surface area contributed by atoms with Crippen LogP contribution in [0.1, 0.15) is 0 Å². The van der Waals surface area contributed by atoms with Crippen molar-refractivity contribution in [2.75, 3.05) is 7.11 Å². The van der Waals surface area contributed by atoms with Gasteiger partial charge in [-0.25, -0.2) is 4.57 Å². The Morgan fingerprint density at radius 1 is 1.24 bits per heavy atom. The first-order valence-electron chi connectivity index (χ1n) is 4.99. The summed E-state index contributed by atoms with van der Waals surface area (Å²) in [6, 6.07) is 7.30. The summed E-state index contributed by atoms with van der Waals surface area (Å²) in [5, 5.41) is 8.16. The molecule has 2 aromatic rings. The SMILES string of the molecule is COc1ccc(/N=N/c2n(C)cc[n+]2Cl)cc1. The highest BCUT2D eigenvalue weighted by molar-refractivity contribution is 6.04. The van der Waals surface area contributed by atoms with Gasteiger partial charge in [0.05, 0.1) is 20.4 Å². The minimum Gasteiger partial charge on any atom is -0.497 e. The number of aromatic nitrogens is 2. The molecule has 0 aliphatic rings. The van der Waals surface area contributed by atoms with E-state index in [-0.39, 0.29) is 0 Å². The second-order valence-corrected chi connectivity index (χ2v) is 3.78. The Hall–Kier alpha value is -1.88. The highest BCUT2D eigenvalue weighted by Gasteiger charge is 2.12. The Bertz CT molecular complexity index is 513. The van der Waals surface area contributed by atoms with E-state index in [0.29, 0.717) is 5.95 Å².